The molecule has 0 fully saturated rings. The Morgan fingerprint density at radius 1 is 1.56 bits per heavy atom. The average molecular weight is 129 g/mol. The fourth-order valence-corrected chi connectivity index (χ4v) is 0.387. The number of hydrogen-bond acceptors (Lipinski definition) is 2. The van der Waals surface area contributed by atoms with E-state index < -0.39 is 0 Å². The molecule has 2 N–H and O–H groups in total. The van der Waals surface area contributed by atoms with E-state index >= 15 is 0 Å². The first-order valence-electron chi connectivity index (χ1n) is 2.57. The number of Topliss-reactive ketones (excluding diaryl/α,β-unsaturated/α-hetero) is 1. The second kappa shape index (κ2) is 4.03. The molecule has 0 heterocycles. The van der Waals surface area contributed by atoms with Crippen LogP contribution in [0.1, 0.15) is 13.3 Å². The van der Waals surface area contributed by atoms with Crippen LogP contribution in [0.2, 0.25) is 0 Å². The van der Waals surface area contributed by atoms with Crippen molar-refractivity contribution in [3.63, 3.8) is 0 Å². The van der Waals surface area contributed by atoms with Crippen LogP contribution in [0.4, 0.5) is 0 Å². The molecule has 4 nitrogen and oxygen atoms in total. The summed E-state index contributed by atoms with van der Waals surface area (Å²) in [6, 6.07) is 0. The van der Waals surface area contributed by atoms with Gasteiger partial charge in [0, 0.05) is 0 Å². The van der Waals surface area contributed by atoms with E-state index in [1.807, 2.05) is 0 Å². The molecule has 0 spiro atoms. The zero-order valence-corrected chi connectivity index (χ0v) is 5.23. The van der Waals surface area contributed by atoms with Crippen LogP contribution >= 0.6 is 0 Å². The minimum absolute atomic E-state index is 0.112. The second-order valence-corrected chi connectivity index (χ2v) is 1.66. The molecule has 4 heteroatoms. The van der Waals surface area contributed by atoms with Crippen LogP contribution < -0.4 is 11.1 Å². The summed E-state index contributed by atoms with van der Waals surface area (Å²) >= 11 is 0. The highest BCUT2D eigenvalue weighted by molar-refractivity contribution is 5.96. The normalized spacial score (nSPS) is 8.67. The SMILES string of the molecule is CC(=O)CC(=O)NC[NH]. The molecule has 0 aromatic carbocycles. The molecule has 0 bridgehead atoms. The standard InChI is InChI=1S/C5H9N2O2/c1-4(8)2-5(9)7-3-6/h6H,2-3H2,1H3,(H,7,9). The Hall–Kier alpha value is -0.900. The molecule has 0 aliphatic heterocycles. The number of carbonyl (C=O) groups excluding carboxylic acids is 2. The van der Waals surface area contributed by atoms with E-state index in [1.54, 1.807) is 0 Å². The van der Waals surface area contributed by atoms with Gasteiger partial charge in [0.2, 0.25) is 5.91 Å². The van der Waals surface area contributed by atoms with Gasteiger partial charge in [-0.2, -0.15) is 0 Å². The van der Waals surface area contributed by atoms with Crippen LogP contribution in [0.25, 0.3) is 0 Å². The number of amides is 1. The number of ketones is 1. The van der Waals surface area contributed by atoms with Crippen molar-refractivity contribution in [1.29, 1.82) is 0 Å². The lowest BCUT2D eigenvalue weighted by atomic mass is 10.3. The molecular weight excluding hydrogens is 120 g/mol. The van der Waals surface area contributed by atoms with Crippen LogP contribution in [0.15, 0.2) is 0 Å². The first-order chi connectivity index (χ1) is 4.16. The van der Waals surface area contributed by atoms with Crippen molar-refractivity contribution < 1.29 is 9.59 Å². The van der Waals surface area contributed by atoms with Gasteiger partial charge in [0.25, 0.3) is 0 Å². The average Bonchev–Trinajstić information content (AvgIpc) is 1.63. The van der Waals surface area contributed by atoms with Gasteiger partial charge in [0.15, 0.2) is 0 Å². The van der Waals surface area contributed by atoms with Gasteiger partial charge in [-0.3, -0.25) is 9.59 Å². The van der Waals surface area contributed by atoms with Gasteiger partial charge >= 0.3 is 0 Å². The van der Waals surface area contributed by atoms with Crippen LogP contribution in [-0.4, -0.2) is 18.4 Å². The zero-order valence-electron chi connectivity index (χ0n) is 5.23. The van der Waals surface area contributed by atoms with Crippen molar-refractivity contribution in [2.45, 2.75) is 13.3 Å². The smallest absolute Gasteiger partial charge is 0.228 e. The molecule has 0 atom stereocenters. The molecule has 1 amide bonds. The lowest BCUT2D eigenvalue weighted by Crippen LogP contribution is -2.26. The Balaban J connectivity index is 3.39. The summed E-state index contributed by atoms with van der Waals surface area (Å²) in [6.07, 6.45) is -0.112. The summed E-state index contributed by atoms with van der Waals surface area (Å²) < 4.78 is 0. The van der Waals surface area contributed by atoms with E-state index in [0.29, 0.717) is 0 Å². The Morgan fingerprint density at radius 2 is 2.11 bits per heavy atom. The predicted molar refractivity (Wildman–Crippen MR) is 31.4 cm³/mol. The Kier molecular flexibility index (Phi) is 3.62. The van der Waals surface area contributed by atoms with Gasteiger partial charge in [0.1, 0.15) is 5.78 Å². The van der Waals surface area contributed by atoms with Crippen LogP contribution in [0, 0.1) is 0 Å². The van der Waals surface area contributed by atoms with Gasteiger partial charge in [0.05, 0.1) is 13.1 Å². The number of nitrogens with one attached hydrogen (secondary N) is 2. The Labute approximate surface area is 53.4 Å². The topological polar surface area (TPSA) is 70.0 Å². The van der Waals surface area contributed by atoms with E-state index in [4.69, 9.17) is 5.73 Å². The fraction of sp³-hybridized carbons (Fsp3) is 0.600. The largest absolute Gasteiger partial charge is 0.342 e. The minimum atomic E-state index is -0.377. The maximum absolute atomic E-state index is 10.4. The summed E-state index contributed by atoms with van der Waals surface area (Å²) in [6.45, 7) is 1.18. The number of hydrogen-bond donors (Lipinski definition) is 1. The van der Waals surface area contributed by atoms with Crippen molar-refractivity contribution in [3.8, 4) is 0 Å². The summed E-state index contributed by atoms with van der Waals surface area (Å²) in [4.78, 5) is 20.6. The molecular formula is C5H9N2O2. The first kappa shape index (κ1) is 8.10. The third kappa shape index (κ3) is 4.96. The van der Waals surface area contributed by atoms with Crippen molar-refractivity contribution in [2.75, 3.05) is 6.67 Å². The molecule has 9 heavy (non-hydrogen) atoms. The van der Waals surface area contributed by atoms with E-state index in [0.717, 1.165) is 0 Å². The van der Waals surface area contributed by atoms with E-state index in [2.05, 4.69) is 5.32 Å². The van der Waals surface area contributed by atoms with Gasteiger partial charge in [-0.15, -0.1) is 0 Å². The van der Waals surface area contributed by atoms with E-state index in [-0.39, 0.29) is 24.8 Å². The molecule has 0 aliphatic rings. The van der Waals surface area contributed by atoms with E-state index in [9.17, 15) is 9.59 Å². The fourth-order valence-electron chi connectivity index (χ4n) is 0.387. The molecule has 51 valence electrons. The van der Waals surface area contributed by atoms with Gasteiger partial charge in [-0.05, 0) is 6.92 Å². The minimum Gasteiger partial charge on any atom is -0.342 e. The summed E-state index contributed by atoms with van der Waals surface area (Å²) in [5, 5.41) is 2.18. The van der Waals surface area contributed by atoms with E-state index in [1.165, 1.54) is 6.92 Å². The Morgan fingerprint density at radius 3 is 2.44 bits per heavy atom. The predicted octanol–water partition coefficient (Wildman–Crippen LogP) is -0.678. The molecule has 0 saturated carbocycles. The van der Waals surface area contributed by atoms with Gasteiger partial charge < -0.3 is 5.32 Å². The highest BCUT2D eigenvalue weighted by atomic mass is 16.2. The number of carbonyl (C=O) groups is 2. The van der Waals surface area contributed by atoms with Crippen molar-refractivity contribution in [3.05, 3.63) is 0 Å². The number of rotatable bonds is 3. The molecule has 0 rings (SSSR count). The molecule has 0 saturated heterocycles. The van der Waals surface area contributed by atoms with Crippen molar-refractivity contribution in [2.24, 2.45) is 0 Å². The molecule has 0 aromatic heterocycles. The third-order valence-electron chi connectivity index (χ3n) is 0.695. The van der Waals surface area contributed by atoms with Gasteiger partial charge in [-0.25, -0.2) is 5.73 Å². The molecule has 0 unspecified atom stereocenters. The molecule has 1 radical (unpaired) electrons. The zero-order chi connectivity index (χ0) is 7.28. The van der Waals surface area contributed by atoms with Crippen LogP contribution in [-0.2, 0) is 9.59 Å². The maximum Gasteiger partial charge on any atom is 0.228 e. The summed E-state index contributed by atoms with van der Waals surface area (Å²) in [7, 11) is 0. The summed E-state index contributed by atoms with van der Waals surface area (Å²) in [5.41, 5.74) is 6.53. The third-order valence-corrected chi connectivity index (χ3v) is 0.695. The lowest BCUT2D eigenvalue weighted by molar-refractivity contribution is -0.127. The first-order valence-corrected chi connectivity index (χ1v) is 2.57. The summed E-state index contributed by atoms with van der Waals surface area (Å²) in [5.74, 6) is -0.557. The van der Waals surface area contributed by atoms with Crippen molar-refractivity contribution in [1.82, 2.24) is 11.1 Å². The molecule has 0 aromatic rings. The van der Waals surface area contributed by atoms with Crippen LogP contribution in [0.3, 0.4) is 0 Å². The highest BCUT2D eigenvalue weighted by Crippen LogP contribution is 1.78. The second-order valence-electron chi connectivity index (χ2n) is 1.66. The quantitative estimate of drug-likeness (QED) is 0.513. The molecule has 0 aliphatic carbocycles. The van der Waals surface area contributed by atoms with Gasteiger partial charge in [-0.1, -0.05) is 0 Å². The monoisotopic (exact) mass is 129 g/mol. The van der Waals surface area contributed by atoms with Crippen molar-refractivity contribution >= 4 is 11.7 Å². The van der Waals surface area contributed by atoms with Crippen LogP contribution in [0.5, 0.6) is 0 Å². The lowest BCUT2D eigenvalue weighted by Gasteiger charge is -1.95. The highest BCUT2D eigenvalue weighted by Gasteiger charge is 2.01. The Bertz CT molecular complexity index is 122. The maximum atomic E-state index is 10.4.